The lowest BCUT2D eigenvalue weighted by Crippen LogP contribution is -2.48. The maximum absolute atomic E-state index is 12.6. The second-order valence-corrected chi connectivity index (χ2v) is 7.17. The van der Waals surface area contributed by atoms with Crippen LogP contribution in [0.1, 0.15) is 38.2 Å². The van der Waals surface area contributed by atoms with Gasteiger partial charge in [0.1, 0.15) is 6.07 Å². The molecule has 6 nitrogen and oxygen atoms in total. The molecular formula is C20H26N4O2. The van der Waals surface area contributed by atoms with Crippen LogP contribution in [0.4, 0.5) is 5.69 Å². The van der Waals surface area contributed by atoms with Crippen LogP contribution in [0.2, 0.25) is 0 Å². The summed E-state index contributed by atoms with van der Waals surface area (Å²) in [6.07, 6.45) is 3.85. The number of nitrogens with one attached hydrogen (secondary N) is 1. The second kappa shape index (κ2) is 8.33. The summed E-state index contributed by atoms with van der Waals surface area (Å²) in [6, 6.07) is 8.82. The molecule has 0 aliphatic carbocycles. The molecule has 26 heavy (non-hydrogen) atoms. The molecule has 0 spiro atoms. The summed E-state index contributed by atoms with van der Waals surface area (Å²) in [6.45, 7) is 5.18. The van der Waals surface area contributed by atoms with Gasteiger partial charge in [0.05, 0.1) is 17.3 Å². The molecule has 0 aromatic heterocycles. The minimum absolute atomic E-state index is 0.0962. The highest BCUT2D eigenvalue weighted by molar-refractivity contribution is 5.95. The Bertz CT molecular complexity index is 698. The van der Waals surface area contributed by atoms with Crippen LogP contribution in [0, 0.1) is 17.2 Å². The van der Waals surface area contributed by atoms with Crippen molar-refractivity contribution in [1.82, 2.24) is 9.80 Å². The molecule has 0 radical (unpaired) electrons. The first kappa shape index (κ1) is 18.4. The first-order chi connectivity index (χ1) is 12.6. The zero-order chi connectivity index (χ0) is 18.5. The predicted octanol–water partition coefficient (Wildman–Crippen LogP) is 2.22. The van der Waals surface area contributed by atoms with Crippen molar-refractivity contribution in [1.29, 1.82) is 5.26 Å². The van der Waals surface area contributed by atoms with Crippen LogP contribution in [-0.2, 0) is 9.59 Å². The summed E-state index contributed by atoms with van der Waals surface area (Å²) < 4.78 is 0. The summed E-state index contributed by atoms with van der Waals surface area (Å²) >= 11 is 0. The molecule has 2 saturated heterocycles. The van der Waals surface area contributed by atoms with Crippen LogP contribution >= 0.6 is 0 Å². The number of anilines is 1. The molecule has 2 fully saturated rings. The van der Waals surface area contributed by atoms with Gasteiger partial charge in [-0.05, 0) is 57.8 Å². The zero-order valence-corrected chi connectivity index (χ0v) is 15.3. The Labute approximate surface area is 154 Å². The van der Waals surface area contributed by atoms with Crippen LogP contribution in [-0.4, -0.2) is 53.8 Å². The largest absolute Gasteiger partial charge is 0.342 e. The van der Waals surface area contributed by atoms with Crippen LogP contribution < -0.4 is 5.32 Å². The number of benzene rings is 1. The van der Waals surface area contributed by atoms with Crippen LogP contribution in [0.25, 0.3) is 0 Å². The molecule has 0 saturated carbocycles. The van der Waals surface area contributed by atoms with Gasteiger partial charge in [-0.25, -0.2) is 0 Å². The number of piperidine rings is 1. The van der Waals surface area contributed by atoms with E-state index in [1.54, 1.807) is 24.3 Å². The Morgan fingerprint density at radius 2 is 1.81 bits per heavy atom. The van der Waals surface area contributed by atoms with Crippen molar-refractivity contribution in [2.24, 2.45) is 5.92 Å². The Morgan fingerprint density at radius 3 is 2.46 bits per heavy atom. The molecule has 2 heterocycles. The fourth-order valence-corrected chi connectivity index (χ4v) is 3.82. The Morgan fingerprint density at radius 1 is 1.15 bits per heavy atom. The molecular weight excluding hydrogens is 328 g/mol. The van der Waals surface area contributed by atoms with E-state index in [4.69, 9.17) is 5.26 Å². The SMILES string of the molecule is CC(C(=O)Nc1ccccc1C#N)N1CCC(C(=O)N2CCCC2)CC1. The second-order valence-electron chi connectivity index (χ2n) is 7.17. The number of amides is 2. The van der Waals surface area contributed by atoms with Crippen molar-refractivity contribution in [2.75, 3.05) is 31.5 Å². The third kappa shape index (κ3) is 4.05. The zero-order valence-electron chi connectivity index (χ0n) is 15.3. The molecule has 3 rings (SSSR count). The third-order valence-corrected chi connectivity index (χ3v) is 5.53. The van der Waals surface area contributed by atoms with Crippen molar-refractivity contribution >= 4 is 17.5 Å². The number of carbonyl (C=O) groups is 2. The van der Waals surface area contributed by atoms with E-state index in [1.165, 1.54) is 0 Å². The Hall–Kier alpha value is -2.39. The predicted molar refractivity (Wildman–Crippen MR) is 99.4 cm³/mol. The van der Waals surface area contributed by atoms with Crippen LogP contribution in [0.3, 0.4) is 0 Å². The van der Waals surface area contributed by atoms with E-state index >= 15 is 0 Å². The topological polar surface area (TPSA) is 76.4 Å². The minimum Gasteiger partial charge on any atom is -0.342 e. The van der Waals surface area contributed by atoms with E-state index in [0.29, 0.717) is 17.2 Å². The fraction of sp³-hybridized carbons (Fsp3) is 0.550. The lowest BCUT2D eigenvalue weighted by Gasteiger charge is -2.36. The fourth-order valence-electron chi connectivity index (χ4n) is 3.82. The van der Waals surface area contributed by atoms with Gasteiger partial charge in [0.25, 0.3) is 0 Å². The minimum atomic E-state index is -0.287. The standard InChI is InChI=1S/C20H26N4O2/c1-15(19(25)22-18-7-3-2-6-17(18)14-21)23-12-8-16(9-13-23)20(26)24-10-4-5-11-24/h2-3,6-7,15-16H,4-5,8-13H2,1H3,(H,22,25). The van der Waals surface area contributed by atoms with Gasteiger partial charge in [0, 0.05) is 19.0 Å². The van der Waals surface area contributed by atoms with Gasteiger partial charge in [-0.1, -0.05) is 12.1 Å². The summed E-state index contributed by atoms with van der Waals surface area (Å²) in [4.78, 5) is 29.2. The van der Waals surface area contributed by atoms with Gasteiger partial charge in [-0.15, -0.1) is 0 Å². The molecule has 6 heteroatoms. The number of nitrogens with zero attached hydrogens (tertiary/aromatic N) is 3. The molecule has 2 amide bonds. The molecule has 1 N–H and O–H groups in total. The first-order valence-corrected chi connectivity index (χ1v) is 9.43. The smallest absolute Gasteiger partial charge is 0.241 e. The van der Waals surface area contributed by atoms with Crippen molar-refractivity contribution in [3.05, 3.63) is 29.8 Å². The summed E-state index contributed by atoms with van der Waals surface area (Å²) in [7, 11) is 0. The maximum Gasteiger partial charge on any atom is 0.241 e. The number of likely N-dealkylation sites (tertiary alicyclic amines) is 2. The number of nitriles is 1. The molecule has 2 aliphatic rings. The van der Waals surface area contributed by atoms with Gasteiger partial charge in [-0.3, -0.25) is 14.5 Å². The highest BCUT2D eigenvalue weighted by Gasteiger charge is 2.32. The van der Waals surface area contributed by atoms with E-state index in [2.05, 4.69) is 16.3 Å². The van der Waals surface area contributed by atoms with Gasteiger partial charge in [0.2, 0.25) is 11.8 Å². The van der Waals surface area contributed by atoms with Gasteiger partial charge < -0.3 is 10.2 Å². The Kier molecular flexibility index (Phi) is 5.89. The lowest BCUT2D eigenvalue weighted by atomic mass is 9.94. The number of hydrogen-bond acceptors (Lipinski definition) is 4. The number of para-hydroxylation sites is 1. The third-order valence-electron chi connectivity index (χ3n) is 5.53. The van der Waals surface area contributed by atoms with Crippen molar-refractivity contribution in [3.8, 4) is 6.07 Å². The number of hydrogen-bond donors (Lipinski definition) is 1. The molecule has 0 bridgehead atoms. The molecule has 1 aromatic carbocycles. The summed E-state index contributed by atoms with van der Waals surface area (Å²) in [5.74, 6) is 0.276. The summed E-state index contributed by atoms with van der Waals surface area (Å²) in [5, 5.41) is 12.0. The number of rotatable bonds is 4. The van der Waals surface area contributed by atoms with Gasteiger partial charge in [-0.2, -0.15) is 5.26 Å². The van der Waals surface area contributed by atoms with Crippen LogP contribution in [0.15, 0.2) is 24.3 Å². The van der Waals surface area contributed by atoms with E-state index in [-0.39, 0.29) is 17.9 Å². The molecule has 138 valence electrons. The van der Waals surface area contributed by atoms with Crippen LogP contribution in [0.5, 0.6) is 0 Å². The highest BCUT2D eigenvalue weighted by Crippen LogP contribution is 2.24. The lowest BCUT2D eigenvalue weighted by molar-refractivity contribution is -0.136. The van der Waals surface area contributed by atoms with E-state index in [0.717, 1.165) is 51.9 Å². The van der Waals surface area contributed by atoms with E-state index in [9.17, 15) is 9.59 Å². The monoisotopic (exact) mass is 354 g/mol. The molecule has 1 atom stereocenters. The average molecular weight is 354 g/mol. The van der Waals surface area contributed by atoms with Gasteiger partial charge in [0.15, 0.2) is 0 Å². The first-order valence-electron chi connectivity index (χ1n) is 9.43. The number of carbonyl (C=O) groups excluding carboxylic acids is 2. The normalized spacial score (nSPS) is 19.8. The molecule has 1 aromatic rings. The highest BCUT2D eigenvalue weighted by atomic mass is 16.2. The molecule has 2 aliphatic heterocycles. The average Bonchev–Trinajstić information content (AvgIpc) is 3.22. The maximum atomic E-state index is 12.6. The quantitative estimate of drug-likeness (QED) is 0.899. The van der Waals surface area contributed by atoms with E-state index < -0.39 is 0 Å². The van der Waals surface area contributed by atoms with Crippen molar-refractivity contribution in [3.63, 3.8) is 0 Å². The Balaban J connectivity index is 1.53. The summed E-state index contributed by atoms with van der Waals surface area (Å²) in [5.41, 5.74) is 1.01. The molecule has 1 unspecified atom stereocenters. The van der Waals surface area contributed by atoms with Gasteiger partial charge >= 0.3 is 0 Å². The van der Waals surface area contributed by atoms with E-state index in [1.807, 2.05) is 11.8 Å². The van der Waals surface area contributed by atoms with Crippen molar-refractivity contribution in [2.45, 2.75) is 38.6 Å². The van der Waals surface area contributed by atoms with Crippen molar-refractivity contribution < 1.29 is 9.59 Å².